The highest BCUT2D eigenvalue weighted by molar-refractivity contribution is 7.91. The molecular weight excluding hydrogens is 420 g/mol. The molecule has 0 unspecified atom stereocenters. The maximum absolute atomic E-state index is 12.7. The molecule has 30 heavy (non-hydrogen) atoms. The van der Waals surface area contributed by atoms with Crippen LogP contribution >= 0.6 is 0 Å². The fourth-order valence-corrected chi connectivity index (χ4v) is 5.61. The van der Waals surface area contributed by atoms with Crippen molar-refractivity contribution >= 4 is 19.9 Å². The number of piperidine rings is 1. The molecule has 164 valence electrons. The third-order valence-corrected chi connectivity index (χ3v) is 8.30. The summed E-state index contributed by atoms with van der Waals surface area (Å²) in [6, 6.07) is 12.1. The van der Waals surface area contributed by atoms with Gasteiger partial charge in [-0.3, -0.25) is 4.90 Å². The number of nitrogens with zero attached hydrogens (tertiary/aromatic N) is 1. The Bertz CT molecular complexity index is 1090. The molecule has 0 amide bonds. The van der Waals surface area contributed by atoms with Gasteiger partial charge in [0.05, 0.1) is 9.79 Å². The quantitative estimate of drug-likeness (QED) is 0.701. The average Bonchev–Trinajstić information content (AvgIpc) is 2.68. The van der Waals surface area contributed by atoms with Crippen LogP contribution in [0.1, 0.15) is 36.5 Å². The molecule has 0 spiro atoms. The van der Waals surface area contributed by atoms with Gasteiger partial charge in [-0.15, -0.1) is 0 Å². The van der Waals surface area contributed by atoms with Crippen LogP contribution in [0.3, 0.4) is 0 Å². The number of rotatable bonds is 7. The first-order valence-corrected chi connectivity index (χ1v) is 13.5. The molecule has 1 saturated heterocycles. The largest absolute Gasteiger partial charge is 0.299 e. The Morgan fingerprint density at radius 2 is 1.57 bits per heavy atom. The Morgan fingerprint density at radius 1 is 0.967 bits per heavy atom. The van der Waals surface area contributed by atoms with Crippen molar-refractivity contribution in [3.63, 3.8) is 0 Å². The van der Waals surface area contributed by atoms with Gasteiger partial charge in [0.25, 0.3) is 0 Å². The van der Waals surface area contributed by atoms with Crippen LogP contribution in [-0.2, 0) is 33.0 Å². The van der Waals surface area contributed by atoms with Crippen LogP contribution in [0.15, 0.2) is 52.3 Å². The van der Waals surface area contributed by atoms with E-state index in [1.54, 1.807) is 6.92 Å². The van der Waals surface area contributed by atoms with E-state index in [-0.39, 0.29) is 16.3 Å². The number of hydrogen-bond acceptors (Lipinski definition) is 5. The molecule has 1 N–H and O–H groups in total. The van der Waals surface area contributed by atoms with Crippen LogP contribution in [-0.4, -0.2) is 41.1 Å². The number of nitrogens with one attached hydrogen (secondary N) is 1. The van der Waals surface area contributed by atoms with Gasteiger partial charge in [-0.25, -0.2) is 21.6 Å². The maximum Gasteiger partial charge on any atom is 0.241 e. The highest BCUT2D eigenvalue weighted by Gasteiger charge is 2.20. The number of sulfone groups is 1. The molecule has 6 nitrogen and oxygen atoms in total. The Morgan fingerprint density at radius 3 is 2.17 bits per heavy atom. The molecule has 0 radical (unpaired) electrons. The van der Waals surface area contributed by atoms with Crippen molar-refractivity contribution in [2.24, 2.45) is 5.92 Å². The lowest BCUT2D eigenvalue weighted by Gasteiger charge is -2.30. The van der Waals surface area contributed by atoms with E-state index >= 15 is 0 Å². The van der Waals surface area contributed by atoms with Gasteiger partial charge in [0.2, 0.25) is 10.0 Å². The number of likely N-dealkylation sites (tertiary alicyclic amines) is 1. The minimum atomic E-state index is -3.83. The Kier molecular flexibility index (Phi) is 7.02. The lowest BCUT2D eigenvalue weighted by Crippen LogP contribution is -2.32. The third kappa shape index (κ3) is 5.91. The second-order valence-electron chi connectivity index (χ2n) is 8.30. The van der Waals surface area contributed by atoms with E-state index in [1.165, 1.54) is 36.6 Å². The SMILES string of the molecule is Cc1ccc(S(C)(=O)=O)cc1S(=O)(=O)NCc1ccc(CN2CCC(C)CC2)cc1. The number of benzene rings is 2. The van der Waals surface area contributed by atoms with Crippen molar-refractivity contribution in [3.05, 3.63) is 59.2 Å². The van der Waals surface area contributed by atoms with E-state index in [4.69, 9.17) is 0 Å². The summed E-state index contributed by atoms with van der Waals surface area (Å²) in [4.78, 5) is 2.43. The minimum Gasteiger partial charge on any atom is -0.299 e. The van der Waals surface area contributed by atoms with Gasteiger partial charge >= 0.3 is 0 Å². The first kappa shape index (κ1) is 22.9. The van der Waals surface area contributed by atoms with Crippen molar-refractivity contribution in [2.45, 2.75) is 49.6 Å². The molecular formula is C22H30N2O4S2. The molecule has 2 aromatic carbocycles. The minimum absolute atomic E-state index is 0.00932. The van der Waals surface area contributed by atoms with Crippen LogP contribution in [0, 0.1) is 12.8 Å². The molecule has 1 heterocycles. The van der Waals surface area contributed by atoms with Crippen molar-refractivity contribution < 1.29 is 16.8 Å². The standard InChI is InChI=1S/C22H30N2O4S2/c1-17-10-12-24(13-11-17)16-20-7-5-19(6-8-20)15-23-30(27,28)22-14-21(29(3,25)26)9-4-18(22)2/h4-9,14,17,23H,10-13,15-16H2,1-3H3. The summed E-state index contributed by atoms with van der Waals surface area (Å²) in [6.07, 6.45) is 3.53. The molecule has 1 aliphatic heterocycles. The van der Waals surface area contributed by atoms with Gasteiger partial charge in [-0.05, 0) is 67.6 Å². The lowest BCUT2D eigenvalue weighted by molar-refractivity contribution is 0.185. The Hall–Kier alpha value is -1.74. The summed E-state index contributed by atoms with van der Waals surface area (Å²) in [6.45, 7) is 7.24. The topological polar surface area (TPSA) is 83.5 Å². The third-order valence-electron chi connectivity index (χ3n) is 5.65. The average molecular weight is 451 g/mol. The van der Waals surface area contributed by atoms with E-state index in [2.05, 4.69) is 16.5 Å². The van der Waals surface area contributed by atoms with Gasteiger partial charge < -0.3 is 0 Å². The molecule has 0 aliphatic carbocycles. The Balaban J connectivity index is 1.65. The first-order chi connectivity index (χ1) is 14.0. The van der Waals surface area contributed by atoms with Gasteiger partial charge in [0, 0.05) is 19.3 Å². The molecule has 0 bridgehead atoms. The van der Waals surface area contributed by atoms with Crippen LogP contribution in [0.2, 0.25) is 0 Å². The van der Waals surface area contributed by atoms with Crippen LogP contribution in [0.4, 0.5) is 0 Å². The summed E-state index contributed by atoms with van der Waals surface area (Å²) >= 11 is 0. The lowest BCUT2D eigenvalue weighted by atomic mass is 9.99. The predicted molar refractivity (Wildman–Crippen MR) is 118 cm³/mol. The molecule has 0 saturated carbocycles. The van der Waals surface area contributed by atoms with Gasteiger partial charge in [-0.1, -0.05) is 37.3 Å². The summed E-state index contributed by atoms with van der Waals surface area (Å²) in [5, 5.41) is 0. The van der Waals surface area contributed by atoms with Crippen molar-refractivity contribution in [2.75, 3.05) is 19.3 Å². The molecule has 1 aliphatic rings. The monoisotopic (exact) mass is 450 g/mol. The van der Waals surface area contributed by atoms with E-state index in [9.17, 15) is 16.8 Å². The number of aryl methyl sites for hydroxylation is 1. The highest BCUT2D eigenvalue weighted by Crippen LogP contribution is 2.21. The Labute approximate surface area is 180 Å². The van der Waals surface area contributed by atoms with Crippen molar-refractivity contribution in [1.29, 1.82) is 0 Å². The second kappa shape index (κ2) is 9.18. The highest BCUT2D eigenvalue weighted by atomic mass is 32.2. The summed E-state index contributed by atoms with van der Waals surface area (Å²) < 4.78 is 51.6. The predicted octanol–water partition coefficient (Wildman–Crippen LogP) is 3.11. The summed E-state index contributed by atoms with van der Waals surface area (Å²) in [5.41, 5.74) is 2.57. The molecule has 2 aromatic rings. The zero-order valence-corrected chi connectivity index (χ0v) is 19.4. The zero-order chi connectivity index (χ0) is 21.9. The molecule has 0 atom stereocenters. The molecule has 3 rings (SSSR count). The molecule has 0 aromatic heterocycles. The fraction of sp³-hybridized carbons (Fsp3) is 0.455. The number of hydrogen-bond donors (Lipinski definition) is 1. The van der Waals surface area contributed by atoms with Gasteiger partial charge in [0.15, 0.2) is 9.84 Å². The van der Waals surface area contributed by atoms with Gasteiger partial charge in [-0.2, -0.15) is 0 Å². The smallest absolute Gasteiger partial charge is 0.241 e. The first-order valence-electron chi connectivity index (χ1n) is 10.1. The zero-order valence-electron chi connectivity index (χ0n) is 17.8. The second-order valence-corrected chi connectivity index (χ2v) is 12.1. The van der Waals surface area contributed by atoms with Crippen LogP contribution < -0.4 is 4.72 Å². The molecule has 8 heteroatoms. The maximum atomic E-state index is 12.7. The normalized spacial score (nSPS) is 16.6. The number of sulfonamides is 1. The molecule has 1 fully saturated rings. The van der Waals surface area contributed by atoms with Gasteiger partial charge in [0.1, 0.15) is 0 Å². The van der Waals surface area contributed by atoms with Crippen LogP contribution in [0.5, 0.6) is 0 Å². The van der Waals surface area contributed by atoms with E-state index in [0.29, 0.717) is 5.56 Å². The van der Waals surface area contributed by atoms with E-state index < -0.39 is 19.9 Å². The van der Waals surface area contributed by atoms with Crippen molar-refractivity contribution in [1.82, 2.24) is 9.62 Å². The summed E-state index contributed by atoms with van der Waals surface area (Å²) in [5.74, 6) is 0.804. The summed E-state index contributed by atoms with van der Waals surface area (Å²) in [7, 11) is -7.32. The van der Waals surface area contributed by atoms with E-state index in [0.717, 1.165) is 37.4 Å². The van der Waals surface area contributed by atoms with E-state index in [1.807, 2.05) is 24.3 Å². The van der Waals surface area contributed by atoms with Crippen LogP contribution in [0.25, 0.3) is 0 Å². The van der Waals surface area contributed by atoms with Crippen molar-refractivity contribution in [3.8, 4) is 0 Å². The fourth-order valence-electron chi connectivity index (χ4n) is 3.60.